The number of carbonyl (C=O) groups excluding carboxylic acids is 1. The van der Waals surface area contributed by atoms with Crippen molar-refractivity contribution in [1.29, 1.82) is 0 Å². The van der Waals surface area contributed by atoms with Gasteiger partial charge in [0.25, 0.3) is 10.0 Å². The van der Waals surface area contributed by atoms with Crippen LogP contribution in [0.5, 0.6) is 11.5 Å². The van der Waals surface area contributed by atoms with Gasteiger partial charge in [0, 0.05) is 6.07 Å². The number of nitrogens with one attached hydrogen (secondary N) is 1. The largest absolute Gasteiger partial charge is 0.497 e. The minimum atomic E-state index is -4.08. The lowest BCUT2D eigenvalue weighted by Gasteiger charge is -2.27. The van der Waals surface area contributed by atoms with Crippen molar-refractivity contribution in [3.63, 3.8) is 0 Å². The SMILES string of the molecule is CCc1ccc(C(C)NC(=O)CN(c2cc(OC)ccc2OC)S(=O)(=O)c2ccccc2)cc1. The van der Waals surface area contributed by atoms with Gasteiger partial charge in [-0.1, -0.05) is 49.4 Å². The van der Waals surface area contributed by atoms with Gasteiger partial charge in [-0.05, 0) is 48.7 Å². The third-order valence-corrected chi connectivity index (χ3v) is 7.31. The first kappa shape index (κ1) is 25.1. The topological polar surface area (TPSA) is 84.9 Å². The van der Waals surface area contributed by atoms with Crippen molar-refractivity contribution in [2.45, 2.75) is 31.2 Å². The van der Waals surface area contributed by atoms with Crippen LogP contribution in [0.1, 0.15) is 31.0 Å². The van der Waals surface area contributed by atoms with Gasteiger partial charge in [-0.25, -0.2) is 8.42 Å². The molecule has 1 atom stereocenters. The quantitative estimate of drug-likeness (QED) is 0.465. The number of ether oxygens (including phenoxy) is 2. The Hall–Kier alpha value is -3.52. The van der Waals surface area contributed by atoms with E-state index in [1.54, 1.807) is 36.4 Å². The van der Waals surface area contributed by atoms with Crippen LogP contribution in [-0.2, 0) is 21.2 Å². The van der Waals surface area contributed by atoms with Crippen LogP contribution in [0.4, 0.5) is 5.69 Å². The molecule has 1 amide bonds. The predicted octanol–water partition coefficient (Wildman–Crippen LogP) is 4.34. The van der Waals surface area contributed by atoms with Crippen LogP contribution >= 0.6 is 0 Å². The van der Waals surface area contributed by atoms with E-state index in [2.05, 4.69) is 12.2 Å². The molecule has 0 spiro atoms. The second-order valence-corrected chi connectivity index (χ2v) is 9.61. The van der Waals surface area contributed by atoms with E-state index in [1.165, 1.54) is 31.9 Å². The van der Waals surface area contributed by atoms with Gasteiger partial charge in [0.1, 0.15) is 18.0 Å². The van der Waals surface area contributed by atoms with Crippen molar-refractivity contribution in [2.75, 3.05) is 25.1 Å². The van der Waals surface area contributed by atoms with E-state index >= 15 is 0 Å². The molecule has 180 valence electrons. The van der Waals surface area contributed by atoms with Crippen molar-refractivity contribution in [3.05, 3.63) is 83.9 Å². The van der Waals surface area contributed by atoms with Gasteiger partial charge < -0.3 is 14.8 Å². The van der Waals surface area contributed by atoms with Crippen LogP contribution in [0, 0.1) is 0 Å². The van der Waals surface area contributed by atoms with Crippen molar-refractivity contribution >= 4 is 21.6 Å². The molecule has 0 fully saturated rings. The van der Waals surface area contributed by atoms with E-state index in [0.717, 1.165) is 16.3 Å². The molecule has 3 aromatic carbocycles. The van der Waals surface area contributed by atoms with E-state index in [-0.39, 0.29) is 16.6 Å². The number of sulfonamides is 1. The Morgan fingerprint density at radius 1 is 0.971 bits per heavy atom. The zero-order valence-corrected chi connectivity index (χ0v) is 20.6. The van der Waals surface area contributed by atoms with Crippen molar-refractivity contribution in [2.24, 2.45) is 0 Å². The second-order valence-electron chi connectivity index (χ2n) is 7.75. The van der Waals surface area contributed by atoms with E-state index in [9.17, 15) is 13.2 Å². The maximum Gasteiger partial charge on any atom is 0.264 e. The average Bonchev–Trinajstić information content (AvgIpc) is 2.87. The first-order valence-corrected chi connectivity index (χ1v) is 12.4. The van der Waals surface area contributed by atoms with E-state index in [0.29, 0.717) is 11.5 Å². The van der Waals surface area contributed by atoms with Gasteiger partial charge in [-0.3, -0.25) is 9.10 Å². The van der Waals surface area contributed by atoms with Crippen molar-refractivity contribution in [3.8, 4) is 11.5 Å². The number of aryl methyl sites for hydroxylation is 1. The zero-order chi connectivity index (χ0) is 24.7. The Balaban J connectivity index is 1.95. The summed E-state index contributed by atoms with van der Waals surface area (Å²) in [6.45, 7) is 3.51. The molecule has 0 saturated heterocycles. The number of hydrogen-bond acceptors (Lipinski definition) is 5. The smallest absolute Gasteiger partial charge is 0.264 e. The summed E-state index contributed by atoms with van der Waals surface area (Å²) in [5.74, 6) is 0.293. The third kappa shape index (κ3) is 5.69. The fraction of sp³-hybridized carbons (Fsp3) is 0.269. The van der Waals surface area contributed by atoms with Gasteiger partial charge in [-0.2, -0.15) is 0 Å². The number of hydrogen-bond donors (Lipinski definition) is 1. The zero-order valence-electron chi connectivity index (χ0n) is 19.8. The lowest BCUT2D eigenvalue weighted by atomic mass is 10.1. The number of benzene rings is 3. The van der Waals surface area contributed by atoms with E-state index in [1.807, 2.05) is 31.2 Å². The molecule has 34 heavy (non-hydrogen) atoms. The number of nitrogens with zero attached hydrogens (tertiary/aromatic N) is 1. The molecule has 0 aliphatic heterocycles. The van der Waals surface area contributed by atoms with Gasteiger partial charge in [0.2, 0.25) is 5.91 Å². The molecule has 0 bridgehead atoms. The lowest BCUT2D eigenvalue weighted by molar-refractivity contribution is -0.120. The summed E-state index contributed by atoms with van der Waals surface area (Å²) in [5, 5.41) is 2.91. The maximum absolute atomic E-state index is 13.6. The Bertz CT molecular complexity index is 1210. The molecule has 8 heteroatoms. The summed E-state index contributed by atoms with van der Waals surface area (Å²) in [6, 6.07) is 20.5. The molecule has 0 heterocycles. The number of methoxy groups -OCH3 is 2. The molecule has 3 aromatic rings. The second kappa shape index (κ2) is 11.1. The Morgan fingerprint density at radius 2 is 1.65 bits per heavy atom. The highest BCUT2D eigenvalue weighted by Gasteiger charge is 2.30. The highest BCUT2D eigenvalue weighted by molar-refractivity contribution is 7.92. The summed E-state index contributed by atoms with van der Waals surface area (Å²) in [5.41, 5.74) is 2.34. The number of anilines is 1. The highest BCUT2D eigenvalue weighted by atomic mass is 32.2. The summed E-state index contributed by atoms with van der Waals surface area (Å²) >= 11 is 0. The minimum Gasteiger partial charge on any atom is -0.497 e. The highest BCUT2D eigenvalue weighted by Crippen LogP contribution is 2.35. The molecule has 3 rings (SSSR count). The summed E-state index contributed by atoms with van der Waals surface area (Å²) in [4.78, 5) is 13.1. The average molecular weight is 483 g/mol. The third-order valence-electron chi connectivity index (χ3n) is 5.54. The van der Waals surface area contributed by atoms with Gasteiger partial charge in [0.05, 0.1) is 30.8 Å². The molecule has 0 aromatic heterocycles. The standard InChI is InChI=1S/C26H30N2O5S/c1-5-20-11-13-21(14-12-20)19(2)27-26(29)18-28(34(30,31)23-9-7-6-8-10-23)24-17-22(32-3)15-16-25(24)33-4/h6-17,19H,5,18H2,1-4H3,(H,27,29). The van der Waals surface area contributed by atoms with Crippen LogP contribution in [0.25, 0.3) is 0 Å². The number of rotatable bonds is 10. The Labute approximate surface area is 201 Å². The van der Waals surface area contributed by atoms with Gasteiger partial charge in [0.15, 0.2) is 0 Å². The number of amides is 1. The molecule has 0 saturated carbocycles. The summed E-state index contributed by atoms with van der Waals surface area (Å²) in [7, 11) is -1.15. The molecule has 0 radical (unpaired) electrons. The Kier molecular flexibility index (Phi) is 8.17. The van der Waals surface area contributed by atoms with Crippen LogP contribution < -0.4 is 19.1 Å². The first-order valence-electron chi connectivity index (χ1n) is 11.0. The normalized spacial score (nSPS) is 12.0. The van der Waals surface area contributed by atoms with Crippen molar-refractivity contribution < 1.29 is 22.7 Å². The van der Waals surface area contributed by atoms with Crippen LogP contribution in [0.15, 0.2) is 77.7 Å². The molecule has 7 nitrogen and oxygen atoms in total. The fourth-order valence-electron chi connectivity index (χ4n) is 3.55. The minimum absolute atomic E-state index is 0.0656. The van der Waals surface area contributed by atoms with Crippen LogP contribution in [-0.4, -0.2) is 35.1 Å². The molecule has 1 unspecified atom stereocenters. The van der Waals surface area contributed by atoms with Crippen molar-refractivity contribution in [1.82, 2.24) is 5.32 Å². The van der Waals surface area contributed by atoms with E-state index < -0.39 is 22.5 Å². The van der Waals surface area contributed by atoms with E-state index in [4.69, 9.17) is 9.47 Å². The van der Waals surface area contributed by atoms with Crippen LogP contribution in [0.3, 0.4) is 0 Å². The first-order chi connectivity index (χ1) is 16.3. The predicted molar refractivity (Wildman–Crippen MR) is 133 cm³/mol. The summed E-state index contributed by atoms with van der Waals surface area (Å²) < 4.78 is 39.0. The van der Waals surface area contributed by atoms with Gasteiger partial charge in [-0.15, -0.1) is 0 Å². The molecule has 0 aliphatic carbocycles. The molecular formula is C26H30N2O5S. The lowest BCUT2D eigenvalue weighted by Crippen LogP contribution is -2.41. The maximum atomic E-state index is 13.6. The van der Waals surface area contributed by atoms with Crippen LogP contribution in [0.2, 0.25) is 0 Å². The fourth-order valence-corrected chi connectivity index (χ4v) is 5.00. The number of carbonyl (C=O) groups is 1. The Morgan fingerprint density at radius 3 is 2.24 bits per heavy atom. The molecule has 0 aliphatic rings. The monoisotopic (exact) mass is 482 g/mol. The summed E-state index contributed by atoms with van der Waals surface area (Å²) in [6.07, 6.45) is 0.926. The molecular weight excluding hydrogens is 452 g/mol. The molecule has 1 N–H and O–H groups in total. The van der Waals surface area contributed by atoms with Gasteiger partial charge >= 0.3 is 0 Å².